The zero-order chi connectivity index (χ0) is 44.1. The molecule has 0 bridgehead atoms. The van der Waals surface area contributed by atoms with Gasteiger partial charge in [-0.1, -0.05) is 185 Å². The van der Waals surface area contributed by atoms with E-state index in [0.717, 1.165) is 12.1 Å². The molecule has 0 fully saturated rings. The molecule has 0 atom stereocenters. The molecular formula is C65H47N. The lowest BCUT2D eigenvalue weighted by Crippen LogP contribution is -2.17. The van der Waals surface area contributed by atoms with Gasteiger partial charge in [-0.2, -0.15) is 0 Å². The van der Waals surface area contributed by atoms with Crippen LogP contribution >= 0.6 is 0 Å². The second kappa shape index (κ2) is 13.4. The van der Waals surface area contributed by atoms with E-state index in [1.54, 1.807) is 0 Å². The summed E-state index contributed by atoms with van der Waals surface area (Å²) in [7, 11) is 0. The molecule has 3 aliphatic carbocycles. The highest BCUT2D eigenvalue weighted by molar-refractivity contribution is 6.26. The highest BCUT2D eigenvalue weighted by Crippen LogP contribution is 2.55. The Morgan fingerprint density at radius 1 is 0.333 bits per heavy atom. The number of nitrogens with zero attached hydrogens (tertiary/aromatic N) is 1. The quantitative estimate of drug-likeness (QED) is 0.160. The van der Waals surface area contributed by atoms with Gasteiger partial charge in [0, 0.05) is 28.6 Å². The van der Waals surface area contributed by atoms with E-state index in [0.29, 0.717) is 0 Å². The predicted molar refractivity (Wildman–Crippen MR) is 280 cm³/mol. The van der Waals surface area contributed by atoms with Crippen molar-refractivity contribution in [3.05, 3.63) is 234 Å². The van der Waals surface area contributed by atoms with E-state index in [1.807, 2.05) is 0 Å². The predicted octanol–water partition coefficient (Wildman–Crippen LogP) is 17.6. The fraction of sp³-hybridized carbons (Fsp3) is 0.108. The first-order valence-electron chi connectivity index (χ1n) is 23.6. The Bertz CT molecular complexity index is 3880. The van der Waals surface area contributed by atoms with Crippen molar-refractivity contribution in [2.45, 2.75) is 44.9 Å². The SMILES string of the molecule is CC1(C)c2ccccc2-c2ccc(-c3c4c(cc5ccccc35)-c3cccc(N(c5ccc6c(c5)C(C)(C)c5ccccc5-6)c5ccc6c7ccccc7c7ccccc7c6c5)c3C4)cc21. The summed E-state index contributed by atoms with van der Waals surface area (Å²) < 4.78 is 0. The Hall–Kier alpha value is -7.74. The third-order valence-electron chi connectivity index (χ3n) is 15.9. The summed E-state index contributed by atoms with van der Waals surface area (Å²) in [6.45, 7) is 9.56. The van der Waals surface area contributed by atoms with Crippen molar-refractivity contribution in [3.63, 3.8) is 0 Å². The topological polar surface area (TPSA) is 3.24 Å². The van der Waals surface area contributed by atoms with Crippen LogP contribution in [-0.4, -0.2) is 0 Å². The molecule has 0 spiro atoms. The van der Waals surface area contributed by atoms with Crippen LogP contribution in [0.1, 0.15) is 61.1 Å². The van der Waals surface area contributed by atoms with Gasteiger partial charge in [0.1, 0.15) is 0 Å². The van der Waals surface area contributed by atoms with Crippen molar-refractivity contribution in [2.24, 2.45) is 0 Å². The summed E-state index contributed by atoms with van der Waals surface area (Å²) in [5.41, 5.74) is 22.4. The average Bonchev–Trinajstić information content (AvgIpc) is 3.93. The molecule has 66 heavy (non-hydrogen) atoms. The smallest absolute Gasteiger partial charge is 0.0503 e. The second-order valence-corrected chi connectivity index (χ2v) is 20.0. The first-order chi connectivity index (χ1) is 32.3. The third kappa shape index (κ3) is 5.06. The lowest BCUT2D eigenvalue weighted by atomic mass is 9.81. The minimum absolute atomic E-state index is 0.0877. The van der Waals surface area contributed by atoms with Crippen LogP contribution < -0.4 is 4.90 Å². The van der Waals surface area contributed by atoms with Gasteiger partial charge >= 0.3 is 0 Å². The molecule has 0 N–H and O–H groups in total. The van der Waals surface area contributed by atoms with E-state index < -0.39 is 0 Å². The maximum absolute atomic E-state index is 2.57. The van der Waals surface area contributed by atoms with Gasteiger partial charge in [0.15, 0.2) is 0 Å². The first kappa shape index (κ1) is 37.6. The average molecular weight is 842 g/mol. The maximum atomic E-state index is 2.57. The van der Waals surface area contributed by atoms with Crippen molar-refractivity contribution in [1.82, 2.24) is 0 Å². The molecule has 1 nitrogen and oxygen atoms in total. The van der Waals surface area contributed by atoms with Gasteiger partial charge in [0.2, 0.25) is 0 Å². The molecule has 0 radical (unpaired) electrons. The standard InChI is InChI=1S/C65H47N/c1-64(2)58-25-13-11-22-50(58)52-31-28-40(35-60(52)64)63-43-17-6-5-16-39(43)34-54-48-24-15-27-62(56(48)38-57(54)63)66(42-30-33-53-51-23-12-14-26-59(51)65(3,4)61(53)37-42)41-29-32-49-46-20-8-7-18-44(46)45-19-9-10-21-47(45)55(49)36-41/h5-37H,38H2,1-4H3. The summed E-state index contributed by atoms with van der Waals surface area (Å²) in [4.78, 5) is 2.57. The molecule has 0 amide bonds. The van der Waals surface area contributed by atoms with Crippen molar-refractivity contribution in [2.75, 3.05) is 4.90 Å². The molecule has 11 aromatic rings. The second-order valence-electron chi connectivity index (χ2n) is 20.0. The van der Waals surface area contributed by atoms with E-state index in [4.69, 9.17) is 0 Å². The van der Waals surface area contributed by atoms with Crippen molar-refractivity contribution in [1.29, 1.82) is 0 Å². The van der Waals surface area contributed by atoms with Crippen LogP contribution in [0.2, 0.25) is 0 Å². The Labute approximate surface area is 386 Å². The van der Waals surface area contributed by atoms with Crippen LogP contribution in [0.5, 0.6) is 0 Å². The number of anilines is 3. The molecule has 0 heterocycles. The fourth-order valence-electron chi connectivity index (χ4n) is 12.7. The molecule has 0 aliphatic heterocycles. The largest absolute Gasteiger partial charge is 0.310 e. The summed E-state index contributed by atoms with van der Waals surface area (Å²) in [5.74, 6) is 0. The van der Waals surface area contributed by atoms with Crippen LogP contribution in [-0.2, 0) is 17.3 Å². The molecule has 0 aromatic heterocycles. The molecule has 0 saturated heterocycles. The summed E-state index contributed by atoms with van der Waals surface area (Å²) >= 11 is 0. The Balaban J connectivity index is 0.999. The summed E-state index contributed by atoms with van der Waals surface area (Å²) in [5, 5.41) is 10.3. The van der Waals surface area contributed by atoms with E-state index in [9.17, 15) is 0 Å². The summed E-state index contributed by atoms with van der Waals surface area (Å²) in [6.07, 6.45) is 0.835. The monoisotopic (exact) mass is 841 g/mol. The number of fused-ring (bicyclic) bond motifs is 16. The molecule has 14 rings (SSSR count). The maximum Gasteiger partial charge on any atom is 0.0503 e. The van der Waals surface area contributed by atoms with E-state index >= 15 is 0 Å². The molecule has 312 valence electrons. The molecule has 1 heteroatoms. The lowest BCUT2D eigenvalue weighted by molar-refractivity contribution is 0.660. The number of rotatable bonds is 4. The van der Waals surface area contributed by atoms with Crippen LogP contribution in [0, 0.1) is 0 Å². The van der Waals surface area contributed by atoms with Gasteiger partial charge in [-0.3, -0.25) is 0 Å². The molecular weight excluding hydrogens is 795 g/mol. The van der Waals surface area contributed by atoms with Crippen LogP contribution in [0.15, 0.2) is 200 Å². The van der Waals surface area contributed by atoms with Gasteiger partial charge in [-0.25, -0.2) is 0 Å². The van der Waals surface area contributed by atoms with E-state index in [1.165, 1.54) is 132 Å². The molecule has 0 unspecified atom stereocenters. The fourth-order valence-corrected chi connectivity index (χ4v) is 12.7. The number of hydrogen-bond donors (Lipinski definition) is 0. The minimum atomic E-state index is -0.137. The Morgan fingerprint density at radius 3 is 1.52 bits per heavy atom. The number of benzene rings is 11. The van der Waals surface area contributed by atoms with Gasteiger partial charge in [-0.15, -0.1) is 0 Å². The van der Waals surface area contributed by atoms with Crippen LogP contribution in [0.25, 0.3) is 87.6 Å². The molecule has 3 aliphatic rings. The summed E-state index contributed by atoms with van der Waals surface area (Å²) in [6, 6.07) is 76.0. The van der Waals surface area contributed by atoms with Gasteiger partial charge in [-0.05, 0) is 163 Å². The van der Waals surface area contributed by atoms with Gasteiger partial charge in [0.25, 0.3) is 0 Å². The first-order valence-corrected chi connectivity index (χ1v) is 23.6. The van der Waals surface area contributed by atoms with E-state index in [2.05, 4.69) is 233 Å². The highest BCUT2D eigenvalue weighted by Gasteiger charge is 2.38. The van der Waals surface area contributed by atoms with Gasteiger partial charge < -0.3 is 4.90 Å². The number of hydrogen-bond acceptors (Lipinski definition) is 1. The Morgan fingerprint density at radius 2 is 0.833 bits per heavy atom. The van der Waals surface area contributed by atoms with Crippen molar-refractivity contribution < 1.29 is 0 Å². The zero-order valence-corrected chi connectivity index (χ0v) is 37.7. The van der Waals surface area contributed by atoms with E-state index in [-0.39, 0.29) is 10.8 Å². The normalized spacial score (nSPS) is 14.5. The lowest BCUT2D eigenvalue weighted by Gasteiger charge is -2.30. The molecule has 11 aromatic carbocycles. The van der Waals surface area contributed by atoms with Crippen molar-refractivity contribution in [3.8, 4) is 44.5 Å². The van der Waals surface area contributed by atoms with Crippen LogP contribution in [0.4, 0.5) is 17.1 Å². The van der Waals surface area contributed by atoms with Crippen LogP contribution in [0.3, 0.4) is 0 Å². The highest BCUT2D eigenvalue weighted by atomic mass is 15.1. The Kier molecular flexibility index (Phi) is 7.64. The minimum Gasteiger partial charge on any atom is -0.310 e. The molecule has 0 saturated carbocycles. The van der Waals surface area contributed by atoms with Gasteiger partial charge in [0.05, 0.1) is 5.69 Å². The third-order valence-corrected chi connectivity index (χ3v) is 15.9. The zero-order valence-electron chi connectivity index (χ0n) is 37.7. The van der Waals surface area contributed by atoms with Crippen molar-refractivity contribution >= 4 is 60.2 Å².